The minimum absolute atomic E-state index is 0. The van der Waals surface area contributed by atoms with Gasteiger partial charge in [0.15, 0.2) is 0 Å². The first-order valence-electron chi connectivity index (χ1n) is 10.8. The molecule has 34 heavy (non-hydrogen) atoms. The third kappa shape index (κ3) is 4.52. The van der Waals surface area contributed by atoms with Crippen LogP contribution in [0.1, 0.15) is 24.0 Å². The van der Waals surface area contributed by atoms with Crippen molar-refractivity contribution < 1.29 is 13.2 Å². The Morgan fingerprint density at radius 1 is 1.12 bits per heavy atom. The molecule has 0 unspecified atom stereocenters. The molecule has 2 fully saturated rings. The van der Waals surface area contributed by atoms with Gasteiger partial charge in [0, 0.05) is 37.4 Å². The molecule has 5 rings (SSSR count). The summed E-state index contributed by atoms with van der Waals surface area (Å²) in [6, 6.07) is 8.88. The largest absolute Gasteiger partial charge is 0.416 e. The number of nitrogens with one attached hydrogen (secondary N) is 1. The second kappa shape index (κ2) is 8.99. The van der Waals surface area contributed by atoms with Gasteiger partial charge in [0.1, 0.15) is 0 Å². The van der Waals surface area contributed by atoms with E-state index in [9.17, 15) is 22.8 Å². The van der Waals surface area contributed by atoms with E-state index in [4.69, 9.17) is 0 Å². The molecule has 2 aliphatic rings. The molecule has 1 N–H and O–H groups in total. The van der Waals surface area contributed by atoms with Crippen LogP contribution in [0.3, 0.4) is 0 Å². The van der Waals surface area contributed by atoms with Gasteiger partial charge in [-0.15, -0.1) is 12.4 Å². The van der Waals surface area contributed by atoms with Gasteiger partial charge in [-0.3, -0.25) is 14.3 Å². The van der Waals surface area contributed by atoms with E-state index in [0.29, 0.717) is 24.6 Å². The number of aromatic amines is 1. The molecule has 2 atom stereocenters. The average molecular weight is 494 g/mol. The summed E-state index contributed by atoms with van der Waals surface area (Å²) in [5.74, 6) is 0.452. The molecule has 7 nitrogen and oxygen atoms in total. The van der Waals surface area contributed by atoms with Gasteiger partial charge >= 0.3 is 11.9 Å². The Morgan fingerprint density at radius 2 is 1.88 bits per heavy atom. The quantitative estimate of drug-likeness (QED) is 0.570. The van der Waals surface area contributed by atoms with Crippen molar-refractivity contribution in [2.75, 3.05) is 19.6 Å². The number of hydrogen-bond donors (Lipinski definition) is 1. The monoisotopic (exact) mass is 493 g/mol. The van der Waals surface area contributed by atoms with Gasteiger partial charge in [-0.2, -0.15) is 23.4 Å². The number of fused-ring (bicyclic) bond motifs is 1. The van der Waals surface area contributed by atoms with Gasteiger partial charge in [0.05, 0.1) is 16.8 Å². The van der Waals surface area contributed by atoms with Gasteiger partial charge in [-0.1, -0.05) is 12.1 Å². The zero-order valence-corrected chi connectivity index (χ0v) is 18.9. The first kappa shape index (κ1) is 24.2. The third-order valence-corrected chi connectivity index (χ3v) is 6.74. The van der Waals surface area contributed by atoms with Crippen LogP contribution in [0.5, 0.6) is 0 Å². The Bertz CT molecular complexity index is 1280. The highest BCUT2D eigenvalue weighted by Gasteiger charge is 2.60. The molecular formula is C23H23ClF3N5O2. The van der Waals surface area contributed by atoms with Crippen molar-refractivity contribution in [1.29, 1.82) is 0 Å². The molecule has 0 bridgehead atoms. The van der Waals surface area contributed by atoms with Crippen LogP contribution < -0.4 is 11.2 Å². The number of halogens is 4. The van der Waals surface area contributed by atoms with Crippen LogP contribution in [-0.2, 0) is 18.1 Å². The second-order valence-electron chi connectivity index (χ2n) is 8.83. The van der Waals surface area contributed by atoms with Crippen molar-refractivity contribution in [2.45, 2.75) is 31.0 Å². The minimum atomic E-state index is -4.33. The zero-order chi connectivity index (χ0) is 23.2. The maximum Gasteiger partial charge on any atom is 0.416 e. The van der Waals surface area contributed by atoms with Crippen LogP contribution in [0, 0.1) is 5.92 Å². The summed E-state index contributed by atoms with van der Waals surface area (Å²) in [5.41, 5.74) is -0.0154. The highest BCUT2D eigenvalue weighted by atomic mass is 35.5. The summed E-state index contributed by atoms with van der Waals surface area (Å²) in [6.07, 6.45) is 0.382. The van der Waals surface area contributed by atoms with Crippen molar-refractivity contribution in [3.05, 3.63) is 80.8 Å². The van der Waals surface area contributed by atoms with Crippen molar-refractivity contribution in [1.82, 2.24) is 24.6 Å². The maximum absolute atomic E-state index is 12.9. The van der Waals surface area contributed by atoms with E-state index >= 15 is 0 Å². The predicted octanol–water partition coefficient (Wildman–Crippen LogP) is 3.10. The van der Waals surface area contributed by atoms with Crippen LogP contribution in [-0.4, -0.2) is 44.3 Å². The zero-order valence-electron chi connectivity index (χ0n) is 18.1. The molecule has 1 aromatic carbocycles. The number of alkyl halides is 3. The van der Waals surface area contributed by atoms with Crippen LogP contribution in [0.15, 0.2) is 58.4 Å². The van der Waals surface area contributed by atoms with Crippen molar-refractivity contribution in [3.63, 3.8) is 0 Å². The Balaban J connectivity index is 0.00000274. The van der Waals surface area contributed by atoms with Crippen LogP contribution >= 0.6 is 12.4 Å². The fourth-order valence-electron chi connectivity index (χ4n) is 4.96. The number of rotatable bonds is 6. The summed E-state index contributed by atoms with van der Waals surface area (Å²) >= 11 is 0. The second-order valence-corrected chi connectivity index (χ2v) is 8.83. The van der Waals surface area contributed by atoms with E-state index in [-0.39, 0.29) is 23.4 Å². The molecule has 0 radical (unpaired) electrons. The Labute approximate surface area is 199 Å². The molecule has 1 saturated heterocycles. The summed E-state index contributed by atoms with van der Waals surface area (Å²) in [4.78, 5) is 29.0. The van der Waals surface area contributed by atoms with Crippen LogP contribution in [0.25, 0.3) is 11.3 Å². The molecule has 1 aliphatic heterocycles. The summed E-state index contributed by atoms with van der Waals surface area (Å²) < 4.78 is 40.0. The minimum Gasteiger partial charge on any atom is -0.302 e. The van der Waals surface area contributed by atoms with Crippen molar-refractivity contribution in [2.24, 2.45) is 5.92 Å². The smallest absolute Gasteiger partial charge is 0.302 e. The van der Waals surface area contributed by atoms with Gasteiger partial charge in [0.25, 0.3) is 5.56 Å². The Hall–Kier alpha value is -2.98. The first-order valence-corrected chi connectivity index (χ1v) is 10.8. The fourth-order valence-corrected chi connectivity index (χ4v) is 4.96. The van der Waals surface area contributed by atoms with Crippen molar-refractivity contribution in [3.8, 4) is 11.3 Å². The number of likely N-dealkylation sites (tertiary alicyclic amines) is 1. The molecular weight excluding hydrogens is 471 g/mol. The van der Waals surface area contributed by atoms with E-state index < -0.39 is 23.0 Å². The lowest BCUT2D eigenvalue weighted by Crippen LogP contribution is -2.32. The highest BCUT2D eigenvalue weighted by molar-refractivity contribution is 5.85. The third-order valence-electron chi connectivity index (χ3n) is 6.74. The first-order chi connectivity index (χ1) is 15.8. The molecule has 0 amide bonds. The lowest BCUT2D eigenvalue weighted by Gasteiger charge is -2.21. The number of benzene rings is 1. The molecule has 2 aromatic heterocycles. The van der Waals surface area contributed by atoms with E-state index in [1.807, 2.05) is 0 Å². The molecule has 0 spiro atoms. The lowest BCUT2D eigenvalue weighted by molar-refractivity contribution is -0.137. The van der Waals surface area contributed by atoms with Crippen molar-refractivity contribution >= 4 is 12.4 Å². The Kier molecular flexibility index (Phi) is 6.39. The number of H-pyrrole nitrogens is 1. The summed E-state index contributed by atoms with van der Waals surface area (Å²) in [5, 5.41) is 7.71. The van der Waals surface area contributed by atoms with Gasteiger partial charge in [-0.05, 0) is 55.1 Å². The molecule has 180 valence electrons. The van der Waals surface area contributed by atoms with E-state index in [0.717, 1.165) is 31.6 Å². The SMILES string of the molecule is Cl.O=c1[nH]c(=O)n(CCCN2C[C@@H]3C[C@]3(c3ccc(C(F)(F)F)cc3)C2)cc1-c1cccnn1. The highest BCUT2D eigenvalue weighted by Crippen LogP contribution is 2.59. The number of aromatic nitrogens is 4. The van der Waals surface area contributed by atoms with E-state index in [1.54, 1.807) is 24.3 Å². The van der Waals surface area contributed by atoms with Gasteiger partial charge in [-0.25, -0.2) is 4.79 Å². The lowest BCUT2D eigenvalue weighted by atomic mass is 9.94. The topological polar surface area (TPSA) is 83.9 Å². The average Bonchev–Trinajstić information content (AvgIpc) is 3.36. The van der Waals surface area contributed by atoms with E-state index in [2.05, 4.69) is 20.1 Å². The number of aryl methyl sites for hydroxylation is 1. The fraction of sp³-hybridized carbons (Fsp3) is 0.391. The normalized spacial score (nSPS) is 21.7. The molecule has 3 heterocycles. The van der Waals surface area contributed by atoms with Gasteiger partial charge < -0.3 is 4.90 Å². The van der Waals surface area contributed by atoms with Crippen LogP contribution in [0.2, 0.25) is 0 Å². The maximum atomic E-state index is 12.9. The van der Waals surface area contributed by atoms with Crippen LogP contribution in [0.4, 0.5) is 13.2 Å². The van der Waals surface area contributed by atoms with Gasteiger partial charge in [0.2, 0.25) is 0 Å². The standard InChI is InChI=1S/C23H22F3N5O2.ClH/c24-23(25,26)16-6-4-15(5-7-16)22-11-17(22)12-30(14-22)9-2-10-31-13-18(20(32)28-21(31)33)19-3-1-8-27-29-19;/h1,3-8,13,17H,2,9-12,14H2,(H,28,32,33);1H/t17-,22+;/m0./s1. The number of hydrogen-bond acceptors (Lipinski definition) is 5. The Morgan fingerprint density at radius 3 is 2.56 bits per heavy atom. The molecule has 1 aliphatic carbocycles. The molecule has 11 heteroatoms. The van der Waals surface area contributed by atoms with E-state index in [1.165, 1.54) is 29.1 Å². The number of nitrogens with zero attached hydrogens (tertiary/aromatic N) is 4. The summed E-state index contributed by atoms with van der Waals surface area (Å²) in [6.45, 7) is 2.88. The predicted molar refractivity (Wildman–Crippen MR) is 122 cm³/mol. The molecule has 1 saturated carbocycles. The number of piperidine rings is 1. The summed E-state index contributed by atoms with van der Waals surface area (Å²) in [7, 11) is 0. The molecule has 3 aromatic rings.